The van der Waals surface area contributed by atoms with Crippen molar-refractivity contribution in [1.29, 1.82) is 0 Å². The molecule has 4 nitrogen and oxygen atoms in total. The van der Waals surface area contributed by atoms with Crippen molar-refractivity contribution in [3.05, 3.63) is 23.8 Å². The van der Waals surface area contributed by atoms with Crippen LogP contribution >= 0.6 is 0 Å². The second-order valence-corrected chi connectivity index (χ2v) is 7.83. The molecule has 0 saturated heterocycles. The number of nitrogens with zero attached hydrogens (tertiary/aromatic N) is 1. The molecule has 4 rings (SSSR count). The third-order valence-electron chi connectivity index (χ3n) is 6.07. The van der Waals surface area contributed by atoms with Crippen LogP contribution in [0.2, 0.25) is 0 Å². The average Bonchev–Trinajstić information content (AvgIpc) is 2.59. The van der Waals surface area contributed by atoms with Crippen molar-refractivity contribution in [2.75, 3.05) is 11.4 Å². The molecule has 1 amide bonds. The Balaban J connectivity index is 1.54. The lowest BCUT2D eigenvalue weighted by atomic mass is 9.67. The first-order valence-electron chi connectivity index (χ1n) is 9.55. The SMILES string of the molecule is O=C1[C@H]2CCC[C@H]1CC(C(=O)N1CCCc3cc(OC(F)(F)F)ccc31)C2. The zero-order chi connectivity index (χ0) is 19.2. The lowest BCUT2D eigenvalue weighted by molar-refractivity contribution is -0.274. The molecule has 2 aliphatic carbocycles. The van der Waals surface area contributed by atoms with Gasteiger partial charge in [-0.1, -0.05) is 6.42 Å². The van der Waals surface area contributed by atoms with Crippen molar-refractivity contribution in [2.24, 2.45) is 17.8 Å². The molecule has 0 unspecified atom stereocenters. The van der Waals surface area contributed by atoms with Crippen LogP contribution in [0.4, 0.5) is 18.9 Å². The summed E-state index contributed by atoms with van der Waals surface area (Å²) in [6.45, 7) is 0.561. The maximum absolute atomic E-state index is 13.2. The van der Waals surface area contributed by atoms with Crippen molar-refractivity contribution in [3.63, 3.8) is 0 Å². The van der Waals surface area contributed by atoms with Gasteiger partial charge >= 0.3 is 6.36 Å². The lowest BCUT2D eigenvalue weighted by Crippen LogP contribution is -2.45. The number of amides is 1. The molecule has 2 bridgehead atoms. The fourth-order valence-corrected chi connectivity index (χ4v) is 4.90. The molecule has 0 spiro atoms. The number of Topliss-reactive ketones (excluding diaryl/α,β-unsaturated/α-hetero) is 1. The number of benzene rings is 1. The Kier molecular flexibility index (Phi) is 4.64. The normalized spacial score (nSPS) is 27.9. The predicted molar refractivity (Wildman–Crippen MR) is 92.4 cm³/mol. The van der Waals surface area contributed by atoms with Gasteiger partial charge in [-0.2, -0.15) is 0 Å². The first-order chi connectivity index (χ1) is 12.8. The number of aryl methyl sites for hydroxylation is 1. The number of rotatable bonds is 2. The Morgan fingerprint density at radius 2 is 1.81 bits per heavy atom. The highest BCUT2D eigenvalue weighted by molar-refractivity contribution is 5.98. The minimum atomic E-state index is -4.73. The average molecular weight is 381 g/mol. The molecule has 146 valence electrons. The summed E-state index contributed by atoms with van der Waals surface area (Å²) >= 11 is 0. The van der Waals surface area contributed by atoms with Crippen molar-refractivity contribution in [1.82, 2.24) is 0 Å². The number of fused-ring (bicyclic) bond motifs is 3. The highest BCUT2D eigenvalue weighted by Crippen LogP contribution is 2.42. The van der Waals surface area contributed by atoms with E-state index in [9.17, 15) is 22.8 Å². The van der Waals surface area contributed by atoms with Crippen LogP contribution in [0.5, 0.6) is 5.75 Å². The Labute approximate surface area is 155 Å². The molecule has 2 fully saturated rings. The van der Waals surface area contributed by atoms with Gasteiger partial charge in [0.25, 0.3) is 0 Å². The number of alkyl halides is 3. The molecule has 2 saturated carbocycles. The van der Waals surface area contributed by atoms with Gasteiger partial charge in [-0.05, 0) is 62.3 Å². The van der Waals surface area contributed by atoms with Crippen molar-refractivity contribution < 1.29 is 27.5 Å². The molecular formula is C20H22F3NO3. The van der Waals surface area contributed by atoms with E-state index >= 15 is 0 Å². The van der Waals surface area contributed by atoms with E-state index in [1.165, 1.54) is 12.1 Å². The number of carbonyl (C=O) groups excluding carboxylic acids is 2. The lowest BCUT2D eigenvalue weighted by Gasteiger charge is -2.40. The van der Waals surface area contributed by atoms with Gasteiger partial charge in [-0.3, -0.25) is 9.59 Å². The summed E-state index contributed by atoms with van der Waals surface area (Å²) in [5, 5.41) is 0. The maximum Gasteiger partial charge on any atom is 0.573 e. The fourth-order valence-electron chi connectivity index (χ4n) is 4.90. The Morgan fingerprint density at radius 1 is 1.11 bits per heavy atom. The van der Waals surface area contributed by atoms with Gasteiger partial charge in [0.05, 0.1) is 0 Å². The summed E-state index contributed by atoms with van der Waals surface area (Å²) in [4.78, 5) is 27.1. The van der Waals surface area contributed by atoms with E-state index in [0.717, 1.165) is 19.3 Å². The Hall–Kier alpha value is -2.05. The molecule has 0 radical (unpaired) electrons. The zero-order valence-electron chi connectivity index (χ0n) is 14.9. The van der Waals surface area contributed by atoms with Crippen LogP contribution in [0.15, 0.2) is 18.2 Å². The van der Waals surface area contributed by atoms with E-state index in [1.54, 1.807) is 11.0 Å². The minimum Gasteiger partial charge on any atom is -0.406 e. The second kappa shape index (κ2) is 6.84. The smallest absolute Gasteiger partial charge is 0.406 e. The topological polar surface area (TPSA) is 46.6 Å². The number of hydrogen-bond donors (Lipinski definition) is 0. The number of hydrogen-bond acceptors (Lipinski definition) is 3. The monoisotopic (exact) mass is 381 g/mol. The van der Waals surface area contributed by atoms with E-state index in [-0.39, 0.29) is 29.4 Å². The van der Waals surface area contributed by atoms with E-state index in [1.807, 2.05) is 0 Å². The number of ether oxygens (including phenoxy) is 1. The number of halogens is 3. The van der Waals surface area contributed by atoms with Gasteiger partial charge < -0.3 is 9.64 Å². The van der Waals surface area contributed by atoms with Crippen molar-refractivity contribution in [2.45, 2.75) is 51.3 Å². The molecule has 1 aromatic carbocycles. The van der Waals surface area contributed by atoms with Gasteiger partial charge in [-0.25, -0.2) is 0 Å². The number of anilines is 1. The third-order valence-corrected chi connectivity index (χ3v) is 6.07. The van der Waals surface area contributed by atoms with Crippen LogP contribution < -0.4 is 9.64 Å². The molecule has 0 N–H and O–H groups in total. The number of ketones is 1. The predicted octanol–water partition coefficient (Wildman–Crippen LogP) is 4.26. The van der Waals surface area contributed by atoms with Crippen LogP contribution in [-0.2, 0) is 16.0 Å². The highest BCUT2D eigenvalue weighted by atomic mass is 19.4. The molecule has 27 heavy (non-hydrogen) atoms. The Bertz CT molecular complexity index is 745. The van der Waals surface area contributed by atoms with Crippen molar-refractivity contribution in [3.8, 4) is 5.75 Å². The quantitative estimate of drug-likeness (QED) is 0.769. The second-order valence-electron chi connectivity index (χ2n) is 7.83. The molecule has 1 aliphatic heterocycles. The van der Waals surface area contributed by atoms with E-state index < -0.39 is 6.36 Å². The highest BCUT2D eigenvalue weighted by Gasteiger charge is 2.43. The molecule has 7 heteroatoms. The molecule has 2 atom stereocenters. The van der Waals surface area contributed by atoms with Gasteiger partial charge in [0, 0.05) is 30.0 Å². The maximum atomic E-state index is 13.2. The van der Waals surface area contributed by atoms with E-state index in [0.29, 0.717) is 49.3 Å². The first-order valence-corrected chi connectivity index (χ1v) is 9.55. The molecule has 0 aromatic heterocycles. The van der Waals surface area contributed by atoms with Crippen LogP contribution in [0, 0.1) is 17.8 Å². The molecule has 1 heterocycles. The third kappa shape index (κ3) is 3.69. The van der Waals surface area contributed by atoms with Gasteiger partial charge in [-0.15, -0.1) is 13.2 Å². The Morgan fingerprint density at radius 3 is 2.48 bits per heavy atom. The summed E-state index contributed by atoms with van der Waals surface area (Å²) in [6.07, 6.45) is 0.586. The largest absolute Gasteiger partial charge is 0.573 e. The summed E-state index contributed by atoms with van der Waals surface area (Å²) in [5.74, 6) is -0.108. The minimum absolute atomic E-state index is 0.00160. The molecular weight excluding hydrogens is 359 g/mol. The van der Waals surface area contributed by atoms with Crippen LogP contribution in [0.25, 0.3) is 0 Å². The fraction of sp³-hybridized carbons (Fsp3) is 0.600. The summed E-state index contributed by atoms with van der Waals surface area (Å²) in [6, 6.07) is 4.18. The summed E-state index contributed by atoms with van der Waals surface area (Å²) in [7, 11) is 0. The van der Waals surface area contributed by atoms with Crippen LogP contribution in [0.3, 0.4) is 0 Å². The molecule has 3 aliphatic rings. The zero-order valence-corrected chi connectivity index (χ0v) is 14.9. The van der Waals surface area contributed by atoms with Gasteiger partial charge in [0.1, 0.15) is 11.5 Å². The van der Waals surface area contributed by atoms with E-state index in [4.69, 9.17) is 0 Å². The van der Waals surface area contributed by atoms with Gasteiger partial charge in [0.2, 0.25) is 5.91 Å². The van der Waals surface area contributed by atoms with E-state index in [2.05, 4.69) is 4.74 Å². The van der Waals surface area contributed by atoms with Crippen LogP contribution in [0.1, 0.15) is 44.1 Å². The first kappa shape index (κ1) is 18.3. The van der Waals surface area contributed by atoms with Crippen molar-refractivity contribution >= 4 is 17.4 Å². The summed E-state index contributed by atoms with van der Waals surface area (Å²) in [5.41, 5.74) is 1.37. The molecule has 1 aromatic rings. The van der Waals surface area contributed by atoms with Gasteiger partial charge in [0.15, 0.2) is 0 Å². The standard InChI is InChI=1S/C20H22F3NO3/c21-20(22,23)27-16-6-7-17-12(11-16)5-2-8-24(17)19(26)15-9-13-3-1-4-14(10-15)18(13)25/h6-7,11,13-15H,1-5,8-10H2/t13-,14-/m0/s1. The van der Waals surface area contributed by atoms with Crippen LogP contribution in [-0.4, -0.2) is 24.6 Å². The summed E-state index contributed by atoms with van der Waals surface area (Å²) < 4.78 is 41.4. The number of carbonyl (C=O) groups is 2.